The van der Waals surface area contributed by atoms with Gasteiger partial charge in [0, 0.05) is 5.69 Å². The van der Waals surface area contributed by atoms with Crippen molar-refractivity contribution in [2.75, 3.05) is 25.6 Å². The summed E-state index contributed by atoms with van der Waals surface area (Å²) in [7, 11) is 1.57. The van der Waals surface area contributed by atoms with Crippen molar-refractivity contribution in [1.82, 2.24) is 0 Å². The summed E-state index contributed by atoms with van der Waals surface area (Å²) in [6, 6.07) is 13.5. The van der Waals surface area contributed by atoms with Crippen LogP contribution in [-0.4, -0.2) is 32.2 Å². The SMILES string of the molecule is COc1ccc(NC(=O)COC(=O)c2ccc(OCC(C)C)cc2)cc1. The van der Waals surface area contributed by atoms with Crippen molar-refractivity contribution in [3.8, 4) is 11.5 Å². The van der Waals surface area contributed by atoms with Gasteiger partial charge in [0.05, 0.1) is 19.3 Å². The molecule has 0 unspecified atom stereocenters. The third-order valence-corrected chi connectivity index (χ3v) is 3.38. The zero-order valence-corrected chi connectivity index (χ0v) is 15.2. The maximum atomic E-state index is 12.0. The largest absolute Gasteiger partial charge is 0.497 e. The average molecular weight is 357 g/mol. The van der Waals surface area contributed by atoms with Crippen molar-refractivity contribution >= 4 is 17.6 Å². The van der Waals surface area contributed by atoms with E-state index in [1.807, 2.05) is 0 Å². The van der Waals surface area contributed by atoms with Gasteiger partial charge in [-0.05, 0) is 54.4 Å². The van der Waals surface area contributed by atoms with Gasteiger partial charge in [0.15, 0.2) is 6.61 Å². The van der Waals surface area contributed by atoms with Crippen LogP contribution in [0.3, 0.4) is 0 Å². The maximum absolute atomic E-state index is 12.0. The van der Waals surface area contributed by atoms with E-state index in [2.05, 4.69) is 19.2 Å². The van der Waals surface area contributed by atoms with Crippen molar-refractivity contribution in [1.29, 1.82) is 0 Å². The van der Waals surface area contributed by atoms with Crippen LogP contribution in [0, 0.1) is 5.92 Å². The molecular formula is C20H23NO5. The predicted molar refractivity (Wildman–Crippen MR) is 98.7 cm³/mol. The fourth-order valence-electron chi connectivity index (χ4n) is 2.04. The molecule has 1 amide bonds. The van der Waals surface area contributed by atoms with Crippen LogP contribution in [0.1, 0.15) is 24.2 Å². The van der Waals surface area contributed by atoms with E-state index in [4.69, 9.17) is 14.2 Å². The van der Waals surface area contributed by atoms with Crippen molar-refractivity contribution in [3.05, 3.63) is 54.1 Å². The van der Waals surface area contributed by atoms with E-state index in [1.54, 1.807) is 55.6 Å². The number of ether oxygens (including phenoxy) is 3. The second-order valence-corrected chi connectivity index (χ2v) is 6.08. The number of nitrogens with one attached hydrogen (secondary N) is 1. The van der Waals surface area contributed by atoms with Crippen LogP contribution in [0.15, 0.2) is 48.5 Å². The quantitative estimate of drug-likeness (QED) is 0.732. The van der Waals surface area contributed by atoms with E-state index in [0.29, 0.717) is 35.3 Å². The summed E-state index contributed by atoms with van der Waals surface area (Å²) in [5, 5.41) is 2.64. The monoisotopic (exact) mass is 357 g/mol. The number of hydrogen-bond donors (Lipinski definition) is 1. The van der Waals surface area contributed by atoms with Gasteiger partial charge in [-0.2, -0.15) is 0 Å². The maximum Gasteiger partial charge on any atom is 0.338 e. The van der Waals surface area contributed by atoms with Gasteiger partial charge in [-0.1, -0.05) is 13.8 Å². The number of hydrogen-bond acceptors (Lipinski definition) is 5. The molecule has 0 aliphatic carbocycles. The van der Waals surface area contributed by atoms with Gasteiger partial charge < -0.3 is 19.5 Å². The molecule has 0 radical (unpaired) electrons. The Labute approximate surface area is 153 Å². The molecule has 0 aromatic heterocycles. The topological polar surface area (TPSA) is 73.9 Å². The highest BCUT2D eigenvalue weighted by atomic mass is 16.5. The van der Waals surface area contributed by atoms with Crippen LogP contribution in [0.5, 0.6) is 11.5 Å². The molecule has 0 fully saturated rings. The first-order valence-electron chi connectivity index (χ1n) is 8.32. The summed E-state index contributed by atoms with van der Waals surface area (Å²) in [5.74, 6) is 0.817. The number of carbonyl (C=O) groups excluding carboxylic acids is 2. The van der Waals surface area contributed by atoms with Gasteiger partial charge in [-0.3, -0.25) is 4.79 Å². The van der Waals surface area contributed by atoms with E-state index >= 15 is 0 Å². The summed E-state index contributed by atoms with van der Waals surface area (Å²) in [5.41, 5.74) is 0.956. The van der Waals surface area contributed by atoms with Gasteiger partial charge in [0.1, 0.15) is 11.5 Å². The lowest BCUT2D eigenvalue weighted by molar-refractivity contribution is -0.119. The second kappa shape index (κ2) is 9.46. The van der Waals surface area contributed by atoms with Crippen LogP contribution in [0.25, 0.3) is 0 Å². The molecule has 2 aromatic carbocycles. The Balaban J connectivity index is 1.80. The summed E-state index contributed by atoms with van der Waals surface area (Å²) >= 11 is 0. The van der Waals surface area contributed by atoms with Gasteiger partial charge in [-0.25, -0.2) is 4.79 Å². The molecule has 2 rings (SSSR count). The molecular weight excluding hydrogens is 334 g/mol. The minimum Gasteiger partial charge on any atom is -0.497 e. The fraction of sp³-hybridized carbons (Fsp3) is 0.300. The minimum atomic E-state index is -0.565. The molecule has 0 heterocycles. The third-order valence-electron chi connectivity index (χ3n) is 3.38. The highest BCUT2D eigenvalue weighted by Crippen LogP contribution is 2.16. The van der Waals surface area contributed by atoms with Crippen LogP contribution in [-0.2, 0) is 9.53 Å². The molecule has 2 aromatic rings. The van der Waals surface area contributed by atoms with Gasteiger partial charge >= 0.3 is 5.97 Å². The Morgan fingerprint density at radius 2 is 1.58 bits per heavy atom. The number of carbonyl (C=O) groups is 2. The molecule has 0 bridgehead atoms. The lowest BCUT2D eigenvalue weighted by Gasteiger charge is -2.09. The second-order valence-electron chi connectivity index (χ2n) is 6.08. The number of amides is 1. The summed E-state index contributed by atoms with van der Waals surface area (Å²) in [6.45, 7) is 4.36. The van der Waals surface area contributed by atoms with E-state index in [1.165, 1.54) is 0 Å². The van der Waals surface area contributed by atoms with Crippen molar-refractivity contribution in [2.24, 2.45) is 5.92 Å². The zero-order valence-electron chi connectivity index (χ0n) is 15.2. The number of methoxy groups -OCH3 is 1. The normalized spacial score (nSPS) is 10.3. The molecule has 0 saturated carbocycles. The molecule has 0 aliphatic rings. The lowest BCUT2D eigenvalue weighted by Crippen LogP contribution is -2.20. The highest BCUT2D eigenvalue weighted by molar-refractivity contribution is 5.95. The van der Waals surface area contributed by atoms with E-state index < -0.39 is 11.9 Å². The molecule has 1 N–H and O–H groups in total. The van der Waals surface area contributed by atoms with E-state index in [0.717, 1.165) is 0 Å². The first kappa shape index (κ1) is 19.3. The predicted octanol–water partition coefficient (Wildman–Crippen LogP) is 3.53. The Hall–Kier alpha value is -3.02. The summed E-state index contributed by atoms with van der Waals surface area (Å²) in [4.78, 5) is 23.9. The number of rotatable bonds is 8. The Morgan fingerprint density at radius 3 is 2.15 bits per heavy atom. The Bertz CT molecular complexity index is 723. The van der Waals surface area contributed by atoms with Crippen LogP contribution in [0.2, 0.25) is 0 Å². The molecule has 0 atom stereocenters. The number of esters is 1. The average Bonchev–Trinajstić information content (AvgIpc) is 2.65. The zero-order chi connectivity index (χ0) is 18.9. The Morgan fingerprint density at radius 1 is 0.962 bits per heavy atom. The molecule has 6 nitrogen and oxygen atoms in total. The minimum absolute atomic E-state index is 0.360. The highest BCUT2D eigenvalue weighted by Gasteiger charge is 2.11. The van der Waals surface area contributed by atoms with E-state index in [-0.39, 0.29) is 6.61 Å². The molecule has 26 heavy (non-hydrogen) atoms. The van der Waals surface area contributed by atoms with Gasteiger partial charge in [-0.15, -0.1) is 0 Å². The summed E-state index contributed by atoms with van der Waals surface area (Å²) in [6.07, 6.45) is 0. The molecule has 6 heteroatoms. The molecule has 0 spiro atoms. The fourth-order valence-corrected chi connectivity index (χ4v) is 2.04. The smallest absolute Gasteiger partial charge is 0.338 e. The number of benzene rings is 2. The summed E-state index contributed by atoms with van der Waals surface area (Å²) < 4.78 is 15.6. The van der Waals surface area contributed by atoms with Crippen LogP contribution in [0.4, 0.5) is 5.69 Å². The first-order chi connectivity index (χ1) is 12.5. The lowest BCUT2D eigenvalue weighted by atomic mass is 10.2. The third kappa shape index (κ3) is 6.12. The van der Waals surface area contributed by atoms with Gasteiger partial charge in [0.25, 0.3) is 5.91 Å². The molecule has 0 aliphatic heterocycles. The van der Waals surface area contributed by atoms with Crippen molar-refractivity contribution < 1.29 is 23.8 Å². The van der Waals surface area contributed by atoms with E-state index in [9.17, 15) is 9.59 Å². The standard InChI is InChI=1S/C20H23NO5/c1-14(2)12-25-18-8-4-15(5-9-18)20(23)26-13-19(22)21-16-6-10-17(24-3)11-7-16/h4-11,14H,12-13H2,1-3H3,(H,21,22). The first-order valence-corrected chi connectivity index (χ1v) is 8.32. The van der Waals surface area contributed by atoms with Crippen molar-refractivity contribution in [3.63, 3.8) is 0 Å². The number of anilines is 1. The molecule has 0 saturated heterocycles. The molecule has 138 valence electrons. The van der Waals surface area contributed by atoms with Crippen LogP contribution >= 0.6 is 0 Å². The van der Waals surface area contributed by atoms with Gasteiger partial charge in [0.2, 0.25) is 0 Å². The Kier molecular flexibility index (Phi) is 7.02. The van der Waals surface area contributed by atoms with Crippen LogP contribution < -0.4 is 14.8 Å². The van der Waals surface area contributed by atoms with Crippen molar-refractivity contribution in [2.45, 2.75) is 13.8 Å².